The zero-order valence-corrected chi connectivity index (χ0v) is 16.1. The van der Waals surface area contributed by atoms with Crippen LogP contribution in [0.3, 0.4) is 0 Å². The van der Waals surface area contributed by atoms with E-state index < -0.39 is 11.6 Å². The molecule has 3 aromatic rings. The summed E-state index contributed by atoms with van der Waals surface area (Å²) in [4.78, 5) is 15.4. The van der Waals surface area contributed by atoms with Crippen LogP contribution in [0, 0.1) is 17.0 Å². The second-order valence-electron chi connectivity index (χ2n) is 7.83. The molecule has 29 heavy (non-hydrogen) atoms. The maximum absolute atomic E-state index is 14.5. The SMILES string of the molecule is CC(C)(C)C(CC1=NNNN1)Nc1nc(-c2c[nH]c3ncc(F)cc23)ncc1F. The monoisotopic (exact) mass is 401 g/mol. The quantitative estimate of drug-likeness (QED) is 0.446. The first-order valence-corrected chi connectivity index (χ1v) is 9.06. The Labute approximate surface area is 165 Å². The molecule has 4 heterocycles. The van der Waals surface area contributed by atoms with Crippen LogP contribution in [0.2, 0.25) is 0 Å². The lowest BCUT2D eigenvalue weighted by Crippen LogP contribution is -2.41. The highest BCUT2D eigenvalue weighted by atomic mass is 19.1. The molecular weight excluding hydrogens is 380 g/mol. The minimum Gasteiger partial charge on any atom is -0.364 e. The van der Waals surface area contributed by atoms with Gasteiger partial charge in [-0.25, -0.2) is 29.3 Å². The average molecular weight is 401 g/mol. The van der Waals surface area contributed by atoms with Gasteiger partial charge in [-0.1, -0.05) is 20.8 Å². The molecule has 0 amide bonds. The van der Waals surface area contributed by atoms with Gasteiger partial charge in [-0.05, 0) is 11.5 Å². The Kier molecular flexibility index (Phi) is 4.74. The first kappa shape index (κ1) is 19.0. The van der Waals surface area contributed by atoms with Crippen molar-refractivity contribution in [3.63, 3.8) is 0 Å². The van der Waals surface area contributed by atoms with Crippen LogP contribution in [0.15, 0.2) is 29.8 Å². The number of nitrogens with one attached hydrogen (secondary N) is 5. The summed E-state index contributed by atoms with van der Waals surface area (Å²) in [5.74, 6) is -0.0401. The van der Waals surface area contributed by atoms with Gasteiger partial charge >= 0.3 is 0 Å². The van der Waals surface area contributed by atoms with Crippen LogP contribution >= 0.6 is 0 Å². The third-order valence-corrected chi connectivity index (χ3v) is 4.69. The van der Waals surface area contributed by atoms with Gasteiger partial charge in [0.15, 0.2) is 17.5 Å². The Hall–Kier alpha value is -3.34. The van der Waals surface area contributed by atoms with Gasteiger partial charge in [0, 0.05) is 29.6 Å². The molecule has 1 atom stereocenters. The fourth-order valence-electron chi connectivity index (χ4n) is 3.01. The number of nitrogens with zero attached hydrogens (tertiary/aromatic N) is 4. The number of rotatable bonds is 5. The van der Waals surface area contributed by atoms with E-state index in [9.17, 15) is 8.78 Å². The molecule has 0 aliphatic carbocycles. The molecule has 9 nitrogen and oxygen atoms in total. The molecule has 0 saturated carbocycles. The Bertz CT molecular complexity index is 1070. The summed E-state index contributed by atoms with van der Waals surface area (Å²) in [5.41, 5.74) is 9.01. The van der Waals surface area contributed by atoms with Crippen molar-refractivity contribution in [2.24, 2.45) is 10.5 Å². The summed E-state index contributed by atoms with van der Waals surface area (Å²) in [6, 6.07) is 1.16. The first-order valence-electron chi connectivity index (χ1n) is 9.06. The van der Waals surface area contributed by atoms with Crippen molar-refractivity contribution in [2.75, 3.05) is 5.32 Å². The number of amidine groups is 1. The van der Waals surface area contributed by atoms with Crippen LogP contribution in [-0.2, 0) is 0 Å². The van der Waals surface area contributed by atoms with Gasteiger partial charge in [0.05, 0.1) is 12.4 Å². The van der Waals surface area contributed by atoms with Crippen LogP contribution in [0.5, 0.6) is 0 Å². The van der Waals surface area contributed by atoms with Gasteiger partial charge in [-0.3, -0.25) is 5.43 Å². The van der Waals surface area contributed by atoms with Crippen molar-refractivity contribution in [1.29, 1.82) is 0 Å². The van der Waals surface area contributed by atoms with Crippen LogP contribution in [0.25, 0.3) is 22.4 Å². The van der Waals surface area contributed by atoms with E-state index >= 15 is 0 Å². The van der Waals surface area contributed by atoms with Gasteiger partial charge in [-0.15, -0.1) is 10.6 Å². The van der Waals surface area contributed by atoms with Crippen LogP contribution < -0.4 is 21.8 Å². The molecule has 1 aliphatic rings. The standard InChI is InChI=1S/C18H21F2N9/c1-18(2,3)13(5-14-26-28-29-27-14)24-17-12(20)8-23-16(25-17)11-7-22-15-10(11)4-9(19)6-21-15/h4,6-8,13,28-29H,5H2,1-3H3,(H,21,22)(H,26,27)(H,23,24,25). The lowest BCUT2D eigenvalue weighted by atomic mass is 9.84. The van der Waals surface area contributed by atoms with Crippen LogP contribution in [0.4, 0.5) is 14.6 Å². The summed E-state index contributed by atoms with van der Waals surface area (Å²) in [6.07, 6.45) is 4.36. The highest BCUT2D eigenvalue weighted by Gasteiger charge is 2.28. The van der Waals surface area contributed by atoms with E-state index in [4.69, 9.17) is 0 Å². The molecular formula is C18H21F2N9. The van der Waals surface area contributed by atoms with Gasteiger partial charge in [0.1, 0.15) is 17.3 Å². The number of halogens is 2. The molecule has 1 unspecified atom stereocenters. The zero-order chi connectivity index (χ0) is 20.6. The largest absolute Gasteiger partial charge is 0.364 e. The fourth-order valence-corrected chi connectivity index (χ4v) is 3.01. The van der Waals surface area contributed by atoms with E-state index in [0.29, 0.717) is 28.9 Å². The molecule has 1 aliphatic heterocycles. The Morgan fingerprint density at radius 2 is 2.00 bits per heavy atom. The van der Waals surface area contributed by atoms with Crippen LogP contribution in [0.1, 0.15) is 27.2 Å². The molecule has 0 radical (unpaired) electrons. The van der Waals surface area contributed by atoms with Crippen molar-refractivity contribution in [3.8, 4) is 11.4 Å². The highest BCUT2D eigenvalue weighted by Crippen LogP contribution is 2.29. The second kappa shape index (κ2) is 7.24. The molecule has 0 fully saturated rings. The molecule has 0 saturated heterocycles. The Balaban J connectivity index is 1.67. The number of hydrazone groups is 1. The average Bonchev–Trinajstić information content (AvgIpc) is 3.31. The van der Waals surface area contributed by atoms with E-state index in [1.165, 1.54) is 6.07 Å². The summed E-state index contributed by atoms with van der Waals surface area (Å²) in [7, 11) is 0. The summed E-state index contributed by atoms with van der Waals surface area (Å²) >= 11 is 0. The smallest absolute Gasteiger partial charge is 0.183 e. The molecule has 5 N–H and O–H groups in total. The third-order valence-electron chi connectivity index (χ3n) is 4.69. The topological polar surface area (TPSA) is 115 Å². The van der Waals surface area contributed by atoms with E-state index in [2.05, 4.69) is 46.8 Å². The van der Waals surface area contributed by atoms with Gasteiger partial charge in [0.25, 0.3) is 0 Å². The maximum atomic E-state index is 14.5. The molecule has 0 spiro atoms. The Morgan fingerprint density at radius 1 is 1.17 bits per heavy atom. The van der Waals surface area contributed by atoms with Crippen LogP contribution in [-0.4, -0.2) is 31.8 Å². The lowest BCUT2D eigenvalue weighted by molar-refractivity contribution is 0.344. The van der Waals surface area contributed by atoms with Gasteiger partial charge in [0.2, 0.25) is 0 Å². The number of aromatic amines is 1. The van der Waals surface area contributed by atoms with Gasteiger partial charge in [-0.2, -0.15) is 0 Å². The van der Waals surface area contributed by atoms with Crippen molar-refractivity contribution in [3.05, 3.63) is 36.3 Å². The summed E-state index contributed by atoms with van der Waals surface area (Å²) in [6.45, 7) is 6.11. The van der Waals surface area contributed by atoms with Crippen molar-refractivity contribution >= 4 is 22.7 Å². The normalized spacial score (nSPS) is 15.0. The second-order valence-corrected chi connectivity index (χ2v) is 7.83. The number of fused-ring (bicyclic) bond motifs is 1. The predicted octanol–water partition coefficient (Wildman–Crippen LogP) is 2.44. The number of anilines is 1. The van der Waals surface area contributed by atoms with Crippen molar-refractivity contribution < 1.29 is 8.78 Å². The maximum Gasteiger partial charge on any atom is 0.183 e. The number of hydrogen-bond donors (Lipinski definition) is 5. The third kappa shape index (κ3) is 3.94. The highest BCUT2D eigenvalue weighted by molar-refractivity contribution is 5.91. The molecule has 0 aromatic carbocycles. The predicted molar refractivity (Wildman–Crippen MR) is 105 cm³/mol. The van der Waals surface area contributed by atoms with E-state index in [-0.39, 0.29) is 23.1 Å². The molecule has 3 aromatic heterocycles. The van der Waals surface area contributed by atoms with Crippen molar-refractivity contribution in [2.45, 2.75) is 33.2 Å². The van der Waals surface area contributed by atoms with Gasteiger partial charge < -0.3 is 10.3 Å². The number of aromatic nitrogens is 4. The Morgan fingerprint density at radius 3 is 2.72 bits per heavy atom. The summed E-state index contributed by atoms with van der Waals surface area (Å²) < 4.78 is 28.1. The molecule has 0 bridgehead atoms. The molecule has 11 heteroatoms. The minimum absolute atomic E-state index is 0.0631. The number of hydrogen-bond acceptors (Lipinski definition) is 8. The minimum atomic E-state index is -0.579. The molecule has 152 valence electrons. The van der Waals surface area contributed by atoms with E-state index in [1.807, 2.05) is 20.8 Å². The van der Waals surface area contributed by atoms with E-state index in [0.717, 1.165) is 12.4 Å². The summed E-state index contributed by atoms with van der Waals surface area (Å²) in [5, 5.41) is 7.78. The fraction of sp³-hybridized carbons (Fsp3) is 0.333. The zero-order valence-electron chi connectivity index (χ0n) is 16.1. The van der Waals surface area contributed by atoms with E-state index in [1.54, 1.807) is 6.20 Å². The number of hydrazine groups is 2. The number of H-pyrrole nitrogens is 1. The first-order chi connectivity index (χ1) is 13.8. The molecule has 4 rings (SSSR count). The number of pyridine rings is 1. The van der Waals surface area contributed by atoms with Crippen molar-refractivity contribution in [1.82, 2.24) is 36.4 Å². The lowest BCUT2D eigenvalue weighted by Gasteiger charge is -2.31.